The molecule has 0 radical (unpaired) electrons. The van der Waals surface area contributed by atoms with Crippen LogP contribution in [0.1, 0.15) is 44.8 Å². The fourth-order valence-electron chi connectivity index (χ4n) is 6.64. The number of fused-ring (bicyclic) bond motifs is 6. The number of allylic oxidation sites excluding steroid dienone is 2. The van der Waals surface area contributed by atoms with E-state index in [1.807, 2.05) is 0 Å². The average molecular weight is 719 g/mol. The molecule has 8 nitrogen and oxygen atoms in total. The quantitative estimate of drug-likeness (QED) is 0.126. The third kappa shape index (κ3) is 5.28. The minimum atomic E-state index is -4.85. The minimum Gasteiger partial charge on any atom is -0.243 e. The number of benzene rings is 4. The van der Waals surface area contributed by atoms with E-state index >= 15 is 0 Å². The Bertz CT molecular complexity index is 2640. The van der Waals surface area contributed by atoms with Crippen LogP contribution in [0.4, 0.5) is 26.3 Å². The Kier molecular flexibility index (Phi) is 7.85. The van der Waals surface area contributed by atoms with Crippen LogP contribution in [0.2, 0.25) is 0 Å². The van der Waals surface area contributed by atoms with Gasteiger partial charge in [0.25, 0.3) is 0 Å². The SMILES string of the molecule is N#CC(C#N)=C1c2cc(-c3ccc(C#N)cc3C(F)(F)F)ccc2-c2nc3c(nc21)-c1ccc(-c2ccc(C#N)cc2C(F)(F)F)cc1C3=C(C#N)C#N. The molecular weight excluding hydrogens is 706 g/mol. The molecule has 0 atom stereocenters. The Balaban J connectivity index is 1.47. The molecule has 0 saturated carbocycles. The van der Waals surface area contributed by atoms with Gasteiger partial charge >= 0.3 is 12.4 Å². The third-order valence-corrected chi connectivity index (χ3v) is 8.93. The molecule has 54 heavy (non-hydrogen) atoms. The van der Waals surface area contributed by atoms with Crippen LogP contribution < -0.4 is 0 Å². The molecule has 0 spiro atoms. The van der Waals surface area contributed by atoms with Crippen molar-refractivity contribution in [1.29, 1.82) is 31.6 Å². The molecule has 0 N–H and O–H groups in total. The van der Waals surface area contributed by atoms with Crippen molar-refractivity contribution in [2.75, 3.05) is 0 Å². The van der Waals surface area contributed by atoms with E-state index in [4.69, 9.17) is 9.97 Å². The van der Waals surface area contributed by atoms with Crippen molar-refractivity contribution in [3.63, 3.8) is 0 Å². The molecule has 2 aliphatic rings. The van der Waals surface area contributed by atoms with Gasteiger partial charge in [0.2, 0.25) is 0 Å². The smallest absolute Gasteiger partial charge is 0.243 e. The minimum absolute atomic E-state index is 0.00642. The van der Waals surface area contributed by atoms with E-state index < -0.39 is 34.6 Å². The fourth-order valence-corrected chi connectivity index (χ4v) is 6.64. The van der Waals surface area contributed by atoms with Crippen LogP contribution >= 0.6 is 0 Å². The summed E-state index contributed by atoms with van der Waals surface area (Å²) in [6, 6.07) is 24.9. The van der Waals surface area contributed by atoms with E-state index in [1.165, 1.54) is 48.5 Å². The summed E-state index contributed by atoms with van der Waals surface area (Å²) in [4.78, 5) is 9.49. The number of halogens is 6. The molecular formula is C40H12F6N8. The highest BCUT2D eigenvalue weighted by molar-refractivity contribution is 6.07. The second-order valence-electron chi connectivity index (χ2n) is 11.8. The zero-order valence-corrected chi connectivity index (χ0v) is 26.8. The number of rotatable bonds is 2. The van der Waals surface area contributed by atoms with Gasteiger partial charge in [0, 0.05) is 22.3 Å². The van der Waals surface area contributed by atoms with E-state index in [-0.39, 0.29) is 89.6 Å². The number of nitrogens with zero attached hydrogens (tertiary/aromatic N) is 8. The van der Waals surface area contributed by atoms with Crippen LogP contribution in [-0.2, 0) is 12.4 Å². The summed E-state index contributed by atoms with van der Waals surface area (Å²) in [7, 11) is 0. The van der Waals surface area contributed by atoms with Gasteiger partial charge in [-0.15, -0.1) is 0 Å². The molecule has 2 aliphatic carbocycles. The predicted molar refractivity (Wildman–Crippen MR) is 178 cm³/mol. The van der Waals surface area contributed by atoms with Crippen molar-refractivity contribution in [2.45, 2.75) is 12.4 Å². The van der Waals surface area contributed by atoms with Gasteiger partial charge < -0.3 is 0 Å². The second kappa shape index (κ2) is 12.3. The van der Waals surface area contributed by atoms with Gasteiger partial charge in [0.15, 0.2) is 0 Å². The van der Waals surface area contributed by atoms with E-state index in [2.05, 4.69) is 0 Å². The number of aromatic nitrogens is 2. The Labute approximate surface area is 300 Å². The van der Waals surface area contributed by atoms with Gasteiger partial charge in [-0.25, -0.2) is 9.97 Å². The largest absolute Gasteiger partial charge is 0.417 e. The van der Waals surface area contributed by atoms with Crippen molar-refractivity contribution in [1.82, 2.24) is 9.97 Å². The first kappa shape index (κ1) is 34.4. The van der Waals surface area contributed by atoms with Crippen molar-refractivity contribution in [2.24, 2.45) is 0 Å². The van der Waals surface area contributed by atoms with Crippen molar-refractivity contribution < 1.29 is 26.3 Å². The standard InChI is InChI=1S/C40H12F6N8/c41-39(42,43)31-9-19(13-47)1-5-25(31)21-3-7-27-29(11-21)33(23(15-49)16-50)37-35(27)53-38-34(24(17-51)18-52)30-12-22(4-8-28(30)36(38)54-37)26-6-2-20(14-48)10-32(26)40(44,45)46/h1-12H. The Hall–Kier alpha value is -8.04. The highest BCUT2D eigenvalue weighted by Crippen LogP contribution is 2.52. The molecule has 0 unspecified atom stereocenters. The molecule has 14 heteroatoms. The number of hydrogen-bond acceptors (Lipinski definition) is 8. The molecule has 0 saturated heterocycles. The van der Waals surface area contributed by atoms with E-state index in [9.17, 15) is 57.9 Å². The first-order valence-electron chi connectivity index (χ1n) is 15.3. The Morgan fingerprint density at radius 3 is 1.09 bits per heavy atom. The first-order valence-corrected chi connectivity index (χ1v) is 15.3. The van der Waals surface area contributed by atoms with Gasteiger partial charge in [-0.3, -0.25) is 0 Å². The summed E-state index contributed by atoms with van der Waals surface area (Å²) in [5, 5.41) is 58.3. The maximum atomic E-state index is 14.2. The molecule has 0 fully saturated rings. The lowest BCUT2D eigenvalue weighted by molar-refractivity contribution is -0.137. The van der Waals surface area contributed by atoms with Crippen molar-refractivity contribution in [3.8, 4) is 81.2 Å². The lowest BCUT2D eigenvalue weighted by atomic mass is 9.92. The van der Waals surface area contributed by atoms with Gasteiger partial charge in [-0.2, -0.15) is 57.9 Å². The summed E-state index contributed by atoms with van der Waals surface area (Å²) in [5.41, 5.74) is -3.19. The summed E-state index contributed by atoms with van der Waals surface area (Å²) >= 11 is 0. The predicted octanol–water partition coefficient (Wildman–Crippen LogP) is 9.25. The molecule has 1 aromatic heterocycles. The first-order chi connectivity index (χ1) is 25.8. The second-order valence-corrected chi connectivity index (χ2v) is 11.8. The fraction of sp³-hybridized carbons (Fsp3) is 0.0500. The summed E-state index contributed by atoms with van der Waals surface area (Å²) < 4.78 is 84.9. The number of alkyl halides is 6. The van der Waals surface area contributed by atoms with E-state index in [0.29, 0.717) is 12.1 Å². The van der Waals surface area contributed by atoms with Crippen LogP contribution in [0.25, 0.3) is 55.9 Å². The lowest BCUT2D eigenvalue weighted by Gasteiger charge is -2.15. The monoisotopic (exact) mass is 718 g/mol. The lowest BCUT2D eigenvalue weighted by Crippen LogP contribution is -2.07. The zero-order valence-electron chi connectivity index (χ0n) is 26.8. The van der Waals surface area contributed by atoms with Crippen LogP contribution in [0.5, 0.6) is 0 Å². The zero-order chi connectivity index (χ0) is 38.7. The Morgan fingerprint density at radius 2 is 0.778 bits per heavy atom. The summed E-state index contributed by atoms with van der Waals surface area (Å²) in [5.74, 6) is 0. The van der Waals surface area contributed by atoms with Crippen LogP contribution in [-0.4, -0.2) is 9.97 Å². The Morgan fingerprint density at radius 1 is 0.426 bits per heavy atom. The summed E-state index contributed by atoms with van der Waals surface area (Å²) in [6.45, 7) is 0. The molecule has 5 aromatic rings. The van der Waals surface area contributed by atoms with Gasteiger partial charge in [0.05, 0.1) is 45.8 Å². The van der Waals surface area contributed by atoms with Crippen LogP contribution in [0, 0.1) is 68.0 Å². The maximum absolute atomic E-state index is 14.2. The maximum Gasteiger partial charge on any atom is 0.417 e. The normalized spacial score (nSPS) is 12.1. The molecule has 254 valence electrons. The third-order valence-electron chi connectivity index (χ3n) is 8.93. The van der Waals surface area contributed by atoms with Crippen LogP contribution in [0.15, 0.2) is 83.9 Å². The molecule has 0 bridgehead atoms. The highest BCUT2D eigenvalue weighted by atomic mass is 19.4. The van der Waals surface area contributed by atoms with Gasteiger partial charge in [-0.05, 0) is 69.8 Å². The van der Waals surface area contributed by atoms with Crippen molar-refractivity contribution >= 4 is 11.1 Å². The highest BCUT2D eigenvalue weighted by Gasteiger charge is 2.39. The molecule has 0 amide bonds. The number of nitriles is 6. The molecule has 4 aromatic carbocycles. The topological polar surface area (TPSA) is 169 Å². The van der Waals surface area contributed by atoms with E-state index in [1.54, 1.807) is 36.4 Å². The molecule has 1 heterocycles. The van der Waals surface area contributed by atoms with Gasteiger partial charge in [-0.1, -0.05) is 36.4 Å². The number of hydrogen-bond donors (Lipinski definition) is 0. The summed E-state index contributed by atoms with van der Waals surface area (Å²) in [6.07, 6.45) is -9.69. The van der Waals surface area contributed by atoms with Gasteiger partial charge in [0.1, 0.15) is 46.8 Å². The van der Waals surface area contributed by atoms with E-state index in [0.717, 1.165) is 12.1 Å². The van der Waals surface area contributed by atoms with Crippen molar-refractivity contribution in [3.05, 3.63) is 129 Å². The van der Waals surface area contributed by atoms with Crippen LogP contribution in [0.3, 0.4) is 0 Å². The molecule has 0 aliphatic heterocycles. The average Bonchev–Trinajstić information content (AvgIpc) is 3.65. The molecule has 7 rings (SSSR count).